The zero-order chi connectivity index (χ0) is 13.1. The molecule has 1 aromatic heterocycles. The minimum Gasteiger partial charge on any atom is -0.487 e. The quantitative estimate of drug-likeness (QED) is 0.944. The van der Waals surface area contributed by atoms with Crippen molar-refractivity contribution in [1.29, 1.82) is 0 Å². The predicted molar refractivity (Wildman–Crippen MR) is 72.3 cm³/mol. The summed E-state index contributed by atoms with van der Waals surface area (Å²) in [6.07, 6.45) is 2.94. The Morgan fingerprint density at radius 3 is 2.89 bits per heavy atom. The Bertz CT molecular complexity index is 538. The van der Waals surface area contributed by atoms with E-state index in [1.807, 2.05) is 29.8 Å². The third kappa shape index (κ3) is 2.91. The molecular formula is C13H15BrN2O2. The van der Waals surface area contributed by atoms with Crippen LogP contribution in [-0.4, -0.2) is 14.7 Å². The number of aliphatic hydroxyl groups is 1. The van der Waals surface area contributed by atoms with Crippen molar-refractivity contribution >= 4 is 15.9 Å². The highest BCUT2D eigenvalue weighted by atomic mass is 79.9. The van der Waals surface area contributed by atoms with Crippen LogP contribution in [-0.2, 0) is 13.7 Å². The largest absolute Gasteiger partial charge is 0.487 e. The second-order valence-corrected chi connectivity index (χ2v) is 5.06. The number of nitrogens with zero attached hydrogens (tertiary/aromatic N) is 2. The van der Waals surface area contributed by atoms with Gasteiger partial charge < -0.3 is 14.4 Å². The molecule has 0 saturated heterocycles. The van der Waals surface area contributed by atoms with Gasteiger partial charge in [-0.3, -0.25) is 0 Å². The fourth-order valence-electron chi connectivity index (χ4n) is 1.65. The van der Waals surface area contributed by atoms with Crippen molar-refractivity contribution in [2.45, 2.75) is 19.6 Å². The summed E-state index contributed by atoms with van der Waals surface area (Å²) in [5.74, 6) is 0.681. The van der Waals surface area contributed by atoms with E-state index < -0.39 is 6.10 Å². The molecule has 2 rings (SSSR count). The highest BCUT2D eigenvalue weighted by molar-refractivity contribution is 9.10. The number of hydrogen-bond donors (Lipinski definition) is 1. The molecule has 0 radical (unpaired) electrons. The molecule has 0 saturated carbocycles. The highest BCUT2D eigenvalue weighted by Gasteiger charge is 2.10. The maximum atomic E-state index is 9.69. The molecule has 1 N–H and O–H groups in total. The Hall–Kier alpha value is -1.33. The van der Waals surface area contributed by atoms with Gasteiger partial charge in [0.25, 0.3) is 0 Å². The van der Waals surface area contributed by atoms with Crippen molar-refractivity contribution in [3.8, 4) is 5.75 Å². The van der Waals surface area contributed by atoms with Crippen LogP contribution in [0.15, 0.2) is 35.2 Å². The molecule has 0 aliphatic rings. The van der Waals surface area contributed by atoms with E-state index in [1.165, 1.54) is 0 Å². The molecule has 0 spiro atoms. The lowest BCUT2D eigenvalue weighted by Gasteiger charge is -2.14. The SMILES string of the molecule is CC(O)c1ccc(Br)cc1OCc1cncn1C. The first-order valence-electron chi connectivity index (χ1n) is 5.63. The van der Waals surface area contributed by atoms with Gasteiger partial charge in [-0.1, -0.05) is 22.0 Å². The summed E-state index contributed by atoms with van der Waals surface area (Å²) in [5.41, 5.74) is 1.76. The number of rotatable bonds is 4. The van der Waals surface area contributed by atoms with Crippen molar-refractivity contribution in [3.05, 3.63) is 46.5 Å². The van der Waals surface area contributed by atoms with Gasteiger partial charge in [0, 0.05) is 17.1 Å². The van der Waals surface area contributed by atoms with E-state index in [4.69, 9.17) is 4.74 Å². The molecule has 2 aromatic rings. The van der Waals surface area contributed by atoms with Gasteiger partial charge in [-0.25, -0.2) is 4.98 Å². The van der Waals surface area contributed by atoms with Gasteiger partial charge in [0.05, 0.1) is 24.3 Å². The van der Waals surface area contributed by atoms with E-state index in [0.29, 0.717) is 12.4 Å². The molecule has 5 heteroatoms. The number of halogens is 1. The van der Waals surface area contributed by atoms with Crippen molar-refractivity contribution in [2.75, 3.05) is 0 Å². The normalized spacial score (nSPS) is 12.4. The molecule has 18 heavy (non-hydrogen) atoms. The number of benzene rings is 1. The molecule has 1 heterocycles. The van der Waals surface area contributed by atoms with Crippen LogP contribution in [0.1, 0.15) is 24.3 Å². The first-order chi connectivity index (χ1) is 8.58. The minimum absolute atomic E-state index is 0.423. The summed E-state index contributed by atoms with van der Waals surface area (Å²) in [5, 5.41) is 9.69. The van der Waals surface area contributed by atoms with Crippen LogP contribution in [0.25, 0.3) is 0 Å². The molecule has 1 unspecified atom stereocenters. The standard InChI is InChI=1S/C13H15BrN2O2/c1-9(17)12-4-3-10(14)5-13(12)18-7-11-6-15-8-16(11)2/h3-6,8-9,17H,7H2,1-2H3. The topological polar surface area (TPSA) is 47.3 Å². The Labute approximate surface area is 114 Å². The summed E-state index contributed by atoms with van der Waals surface area (Å²) in [4.78, 5) is 4.03. The number of imidazole rings is 1. The molecule has 0 aliphatic heterocycles. The third-order valence-electron chi connectivity index (χ3n) is 2.72. The van der Waals surface area contributed by atoms with Crippen LogP contribution >= 0.6 is 15.9 Å². The lowest BCUT2D eigenvalue weighted by molar-refractivity contribution is 0.189. The molecule has 0 aliphatic carbocycles. The maximum Gasteiger partial charge on any atom is 0.130 e. The highest BCUT2D eigenvalue weighted by Crippen LogP contribution is 2.29. The lowest BCUT2D eigenvalue weighted by atomic mass is 10.1. The third-order valence-corrected chi connectivity index (χ3v) is 3.21. The molecule has 4 nitrogen and oxygen atoms in total. The zero-order valence-corrected chi connectivity index (χ0v) is 11.9. The summed E-state index contributed by atoms with van der Waals surface area (Å²) in [6, 6.07) is 5.60. The minimum atomic E-state index is -0.556. The van der Waals surface area contributed by atoms with E-state index in [1.54, 1.807) is 19.4 Å². The number of aromatic nitrogens is 2. The van der Waals surface area contributed by atoms with Crippen LogP contribution in [0.2, 0.25) is 0 Å². The van der Waals surface area contributed by atoms with Gasteiger partial charge in [0.15, 0.2) is 0 Å². The average Bonchev–Trinajstić information content (AvgIpc) is 2.72. The summed E-state index contributed by atoms with van der Waals surface area (Å²) in [6.45, 7) is 2.15. The van der Waals surface area contributed by atoms with Crippen molar-refractivity contribution in [1.82, 2.24) is 9.55 Å². The molecule has 1 atom stereocenters. The molecule has 1 aromatic carbocycles. The number of ether oxygens (including phenoxy) is 1. The van der Waals surface area contributed by atoms with Crippen molar-refractivity contribution in [3.63, 3.8) is 0 Å². The van der Waals surface area contributed by atoms with E-state index in [9.17, 15) is 5.11 Å². The van der Waals surface area contributed by atoms with E-state index in [2.05, 4.69) is 20.9 Å². The summed E-state index contributed by atoms with van der Waals surface area (Å²) < 4.78 is 8.58. The monoisotopic (exact) mass is 310 g/mol. The number of hydrogen-bond acceptors (Lipinski definition) is 3. The number of aryl methyl sites for hydroxylation is 1. The lowest BCUT2D eigenvalue weighted by Crippen LogP contribution is -2.04. The molecular weight excluding hydrogens is 296 g/mol. The first-order valence-corrected chi connectivity index (χ1v) is 6.42. The van der Waals surface area contributed by atoms with E-state index in [-0.39, 0.29) is 0 Å². The Morgan fingerprint density at radius 1 is 1.50 bits per heavy atom. The van der Waals surface area contributed by atoms with Gasteiger partial charge in [-0.05, 0) is 19.1 Å². The predicted octanol–water partition coefficient (Wildman–Crippen LogP) is 2.81. The van der Waals surface area contributed by atoms with Crippen LogP contribution in [0.3, 0.4) is 0 Å². The number of aliphatic hydroxyl groups excluding tert-OH is 1. The summed E-state index contributed by atoms with van der Waals surface area (Å²) >= 11 is 3.40. The Kier molecular flexibility index (Phi) is 4.04. The fraction of sp³-hybridized carbons (Fsp3) is 0.308. The molecule has 96 valence electrons. The zero-order valence-electron chi connectivity index (χ0n) is 10.3. The van der Waals surface area contributed by atoms with E-state index >= 15 is 0 Å². The molecule has 0 fully saturated rings. The molecule has 0 amide bonds. The van der Waals surface area contributed by atoms with Gasteiger partial charge in [-0.2, -0.15) is 0 Å². The first kappa shape index (κ1) is 13.1. The van der Waals surface area contributed by atoms with E-state index in [0.717, 1.165) is 15.7 Å². The second kappa shape index (κ2) is 5.54. The van der Waals surface area contributed by atoms with Crippen LogP contribution < -0.4 is 4.74 Å². The van der Waals surface area contributed by atoms with Gasteiger partial charge >= 0.3 is 0 Å². The average molecular weight is 311 g/mol. The van der Waals surface area contributed by atoms with Gasteiger partial charge in [0.2, 0.25) is 0 Å². The fourth-order valence-corrected chi connectivity index (χ4v) is 1.99. The summed E-state index contributed by atoms with van der Waals surface area (Å²) in [7, 11) is 1.92. The van der Waals surface area contributed by atoms with Gasteiger partial charge in [0.1, 0.15) is 12.4 Å². The second-order valence-electron chi connectivity index (χ2n) is 4.14. The van der Waals surface area contributed by atoms with Gasteiger partial charge in [-0.15, -0.1) is 0 Å². The van der Waals surface area contributed by atoms with Crippen molar-refractivity contribution < 1.29 is 9.84 Å². The molecule has 0 bridgehead atoms. The van der Waals surface area contributed by atoms with Crippen LogP contribution in [0.5, 0.6) is 5.75 Å². The van der Waals surface area contributed by atoms with Crippen LogP contribution in [0.4, 0.5) is 0 Å². The maximum absolute atomic E-state index is 9.69. The van der Waals surface area contributed by atoms with Crippen LogP contribution in [0, 0.1) is 0 Å². The Morgan fingerprint density at radius 2 is 2.28 bits per heavy atom. The Balaban J connectivity index is 2.18. The smallest absolute Gasteiger partial charge is 0.130 e. The van der Waals surface area contributed by atoms with Crippen molar-refractivity contribution in [2.24, 2.45) is 7.05 Å².